The summed E-state index contributed by atoms with van der Waals surface area (Å²) in [6.45, 7) is 5.02. The van der Waals surface area contributed by atoms with Crippen LogP contribution in [-0.2, 0) is 17.5 Å². The van der Waals surface area contributed by atoms with Gasteiger partial charge in [-0.2, -0.15) is 13.2 Å². The van der Waals surface area contributed by atoms with Crippen LogP contribution >= 0.6 is 0 Å². The average Bonchev–Trinajstić information content (AvgIpc) is 2.41. The third kappa shape index (κ3) is 6.91. The SMILES string of the molecule is CCCCOCCCNCc1ccc(C(F)(F)F)cc1. The molecule has 0 amide bonds. The minimum absolute atomic E-state index is 0.576. The normalized spacial score (nSPS) is 11.8. The fraction of sp³-hybridized carbons (Fsp3) is 0.600. The van der Waals surface area contributed by atoms with Gasteiger partial charge in [0.1, 0.15) is 0 Å². The molecular weight excluding hydrogens is 267 g/mol. The summed E-state index contributed by atoms with van der Waals surface area (Å²) in [5.41, 5.74) is 0.246. The van der Waals surface area contributed by atoms with Gasteiger partial charge in [0, 0.05) is 19.8 Å². The summed E-state index contributed by atoms with van der Waals surface area (Å²) in [6.07, 6.45) is -1.14. The highest BCUT2D eigenvalue weighted by Gasteiger charge is 2.29. The van der Waals surface area contributed by atoms with Crippen LogP contribution in [0.5, 0.6) is 0 Å². The van der Waals surface area contributed by atoms with Gasteiger partial charge in [-0.15, -0.1) is 0 Å². The van der Waals surface area contributed by atoms with E-state index in [4.69, 9.17) is 4.74 Å². The van der Waals surface area contributed by atoms with Crippen LogP contribution in [0.25, 0.3) is 0 Å². The maximum atomic E-state index is 12.4. The number of halogens is 3. The lowest BCUT2D eigenvalue weighted by atomic mass is 10.1. The molecule has 0 saturated heterocycles. The molecule has 0 aliphatic heterocycles. The molecule has 0 atom stereocenters. The summed E-state index contributed by atoms with van der Waals surface area (Å²) in [4.78, 5) is 0. The van der Waals surface area contributed by atoms with Crippen LogP contribution in [0, 0.1) is 0 Å². The topological polar surface area (TPSA) is 21.3 Å². The van der Waals surface area contributed by atoms with E-state index in [1.807, 2.05) is 0 Å². The summed E-state index contributed by atoms with van der Waals surface area (Å²) in [5, 5.41) is 3.19. The van der Waals surface area contributed by atoms with Crippen molar-refractivity contribution in [2.45, 2.75) is 38.9 Å². The van der Waals surface area contributed by atoms with Crippen molar-refractivity contribution in [3.63, 3.8) is 0 Å². The van der Waals surface area contributed by atoms with E-state index in [-0.39, 0.29) is 0 Å². The molecule has 0 aliphatic carbocycles. The summed E-state index contributed by atoms with van der Waals surface area (Å²) in [6, 6.07) is 5.25. The van der Waals surface area contributed by atoms with E-state index in [2.05, 4.69) is 12.2 Å². The molecule has 20 heavy (non-hydrogen) atoms. The van der Waals surface area contributed by atoms with Crippen LogP contribution in [0.2, 0.25) is 0 Å². The Labute approximate surface area is 118 Å². The zero-order valence-electron chi connectivity index (χ0n) is 11.8. The van der Waals surface area contributed by atoms with Gasteiger partial charge >= 0.3 is 6.18 Å². The van der Waals surface area contributed by atoms with Gasteiger partial charge in [0.05, 0.1) is 5.56 Å². The Balaban J connectivity index is 2.13. The predicted octanol–water partition coefficient (Wildman–Crippen LogP) is 4.00. The van der Waals surface area contributed by atoms with Gasteiger partial charge in [-0.25, -0.2) is 0 Å². The van der Waals surface area contributed by atoms with E-state index in [1.54, 1.807) is 0 Å². The molecule has 0 radical (unpaired) electrons. The first kappa shape index (κ1) is 17.0. The Morgan fingerprint density at radius 3 is 2.30 bits per heavy atom. The van der Waals surface area contributed by atoms with Crippen LogP contribution in [0.3, 0.4) is 0 Å². The first-order valence-electron chi connectivity index (χ1n) is 6.98. The second kappa shape index (κ2) is 8.97. The number of hydrogen-bond acceptors (Lipinski definition) is 2. The lowest BCUT2D eigenvalue weighted by molar-refractivity contribution is -0.137. The molecule has 114 valence electrons. The maximum Gasteiger partial charge on any atom is 0.416 e. The van der Waals surface area contributed by atoms with Crippen LogP contribution in [-0.4, -0.2) is 19.8 Å². The molecule has 0 heterocycles. The van der Waals surface area contributed by atoms with Crippen molar-refractivity contribution in [2.75, 3.05) is 19.8 Å². The van der Waals surface area contributed by atoms with Crippen molar-refractivity contribution >= 4 is 0 Å². The van der Waals surface area contributed by atoms with Crippen LogP contribution in [0.15, 0.2) is 24.3 Å². The van der Waals surface area contributed by atoms with Crippen molar-refractivity contribution < 1.29 is 17.9 Å². The van der Waals surface area contributed by atoms with E-state index in [9.17, 15) is 13.2 Å². The van der Waals surface area contributed by atoms with E-state index in [0.717, 1.165) is 56.7 Å². The number of unbranched alkanes of at least 4 members (excludes halogenated alkanes) is 1. The highest BCUT2D eigenvalue weighted by Crippen LogP contribution is 2.28. The van der Waals surface area contributed by atoms with Crippen molar-refractivity contribution in [3.8, 4) is 0 Å². The highest BCUT2D eigenvalue weighted by molar-refractivity contribution is 5.24. The number of nitrogens with one attached hydrogen (secondary N) is 1. The Morgan fingerprint density at radius 1 is 1.05 bits per heavy atom. The van der Waals surface area contributed by atoms with Crippen molar-refractivity contribution in [1.82, 2.24) is 5.32 Å². The molecule has 1 aromatic carbocycles. The Morgan fingerprint density at radius 2 is 1.70 bits per heavy atom. The fourth-order valence-corrected chi connectivity index (χ4v) is 1.69. The number of hydrogen-bond donors (Lipinski definition) is 1. The largest absolute Gasteiger partial charge is 0.416 e. The smallest absolute Gasteiger partial charge is 0.381 e. The number of rotatable bonds is 9. The Hall–Kier alpha value is -1.07. The van der Waals surface area contributed by atoms with E-state index in [1.165, 1.54) is 12.1 Å². The molecule has 1 rings (SSSR count). The van der Waals surface area contributed by atoms with Crippen LogP contribution < -0.4 is 5.32 Å². The number of ether oxygens (including phenoxy) is 1. The third-order valence-corrected chi connectivity index (χ3v) is 2.89. The lowest BCUT2D eigenvalue weighted by Crippen LogP contribution is -2.16. The molecule has 0 spiro atoms. The first-order chi connectivity index (χ1) is 9.54. The number of alkyl halides is 3. The zero-order valence-corrected chi connectivity index (χ0v) is 11.8. The van der Waals surface area contributed by atoms with Gasteiger partial charge in [-0.1, -0.05) is 25.5 Å². The van der Waals surface area contributed by atoms with Gasteiger partial charge in [0.25, 0.3) is 0 Å². The minimum Gasteiger partial charge on any atom is -0.381 e. The highest BCUT2D eigenvalue weighted by atomic mass is 19.4. The molecule has 0 saturated carbocycles. The minimum atomic E-state index is -4.26. The molecule has 5 heteroatoms. The summed E-state index contributed by atoms with van der Waals surface area (Å²) in [5.74, 6) is 0. The fourth-order valence-electron chi connectivity index (χ4n) is 1.69. The first-order valence-corrected chi connectivity index (χ1v) is 6.98. The monoisotopic (exact) mass is 289 g/mol. The van der Waals surface area contributed by atoms with Crippen LogP contribution in [0.1, 0.15) is 37.3 Å². The van der Waals surface area contributed by atoms with Gasteiger partial charge in [-0.05, 0) is 37.1 Å². The van der Waals surface area contributed by atoms with Gasteiger partial charge in [-0.3, -0.25) is 0 Å². The molecule has 2 nitrogen and oxygen atoms in total. The molecular formula is C15H22F3NO. The number of benzene rings is 1. The van der Waals surface area contributed by atoms with E-state index in [0.29, 0.717) is 6.54 Å². The predicted molar refractivity (Wildman–Crippen MR) is 73.5 cm³/mol. The summed E-state index contributed by atoms with van der Waals surface area (Å²) >= 11 is 0. The van der Waals surface area contributed by atoms with Crippen LogP contribution in [0.4, 0.5) is 13.2 Å². The zero-order chi connectivity index (χ0) is 14.8. The lowest BCUT2D eigenvalue weighted by Gasteiger charge is -2.08. The van der Waals surface area contributed by atoms with Crippen molar-refractivity contribution in [1.29, 1.82) is 0 Å². The Kier molecular flexibility index (Phi) is 7.62. The third-order valence-electron chi connectivity index (χ3n) is 2.89. The molecule has 0 bridgehead atoms. The van der Waals surface area contributed by atoms with Gasteiger partial charge in [0.15, 0.2) is 0 Å². The van der Waals surface area contributed by atoms with Crippen molar-refractivity contribution in [3.05, 3.63) is 35.4 Å². The van der Waals surface area contributed by atoms with Gasteiger partial charge in [0.2, 0.25) is 0 Å². The molecule has 1 aromatic rings. The summed E-state index contributed by atoms with van der Waals surface area (Å²) < 4.78 is 42.5. The van der Waals surface area contributed by atoms with E-state index >= 15 is 0 Å². The molecule has 0 fully saturated rings. The average molecular weight is 289 g/mol. The van der Waals surface area contributed by atoms with Gasteiger partial charge < -0.3 is 10.1 Å². The molecule has 1 N–H and O–H groups in total. The molecule has 0 aliphatic rings. The Bertz CT molecular complexity index is 362. The second-order valence-electron chi connectivity index (χ2n) is 4.69. The van der Waals surface area contributed by atoms with Crippen molar-refractivity contribution in [2.24, 2.45) is 0 Å². The molecule has 0 unspecified atom stereocenters. The standard InChI is InChI=1S/C15H22F3NO/c1-2-3-10-20-11-4-9-19-12-13-5-7-14(8-6-13)15(16,17)18/h5-8,19H,2-4,9-12H2,1H3. The quantitative estimate of drug-likeness (QED) is 0.694. The summed E-state index contributed by atoms with van der Waals surface area (Å²) in [7, 11) is 0. The van der Waals surface area contributed by atoms with E-state index < -0.39 is 11.7 Å². The maximum absolute atomic E-state index is 12.4. The second-order valence-corrected chi connectivity index (χ2v) is 4.69. The molecule has 0 aromatic heterocycles.